The Morgan fingerprint density at radius 3 is 2.26 bits per heavy atom. The van der Waals surface area contributed by atoms with Gasteiger partial charge in [0.05, 0.1) is 11.9 Å². The van der Waals surface area contributed by atoms with Gasteiger partial charge in [-0.15, -0.1) is 0 Å². The maximum atomic E-state index is 13.6. The van der Waals surface area contributed by atoms with Crippen molar-refractivity contribution in [3.8, 4) is 0 Å². The lowest BCUT2D eigenvalue weighted by Gasteiger charge is -2.33. The van der Waals surface area contributed by atoms with E-state index >= 15 is 0 Å². The summed E-state index contributed by atoms with van der Waals surface area (Å²) in [5, 5.41) is 3.72. The largest absolute Gasteiger partial charge is 0.354 e. The summed E-state index contributed by atoms with van der Waals surface area (Å²) in [5.74, 6) is -0.597. The quantitative estimate of drug-likeness (QED) is 0.448. The highest BCUT2D eigenvalue weighted by molar-refractivity contribution is 7.92. The molecule has 1 N–H and O–H groups in total. The SMILES string of the molecule is CC[C@H](C(=O)NCC(C)C)N(Cc1ccccc1Cl)C(=O)CN(c1ccc(C)c(Cl)c1)S(C)(=O)=O. The standard InChI is InChI=1S/C25H33Cl2N3O4S/c1-6-23(25(32)28-14-17(2)3)29(15-19-9-7-8-10-21(19)26)24(31)16-30(35(5,33)34)20-12-11-18(4)22(27)13-20/h7-13,17,23H,6,14-16H2,1-5H3,(H,28,32)/t23-/m1/s1. The van der Waals surface area contributed by atoms with Crippen molar-refractivity contribution in [2.75, 3.05) is 23.7 Å². The normalized spacial score (nSPS) is 12.3. The summed E-state index contributed by atoms with van der Waals surface area (Å²) in [4.78, 5) is 28.1. The van der Waals surface area contributed by atoms with Crippen molar-refractivity contribution >= 4 is 50.7 Å². The number of anilines is 1. The van der Waals surface area contributed by atoms with Gasteiger partial charge in [0.1, 0.15) is 12.6 Å². The Balaban J connectivity index is 2.45. The first-order valence-corrected chi connectivity index (χ1v) is 14.0. The van der Waals surface area contributed by atoms with Gasteiger partial charge in [-0.05, 0) is 48.6 Å². The van der Waals surface area contributed by atoms with Crippen LogP contribution >= 0.6 is 23.2 Å². The first-order chi connectivity index (χ1) is 16.3. The topological polar surface area (TPSA) is 86.8 Å². The van der Waals surface area contributed by atoms with Crippen LogP contribution in [0.4, 0.5) is 5.69 Å². The third-order valence-corrected chi connectivity index (χ3v) is 7.41. The number of rotatable bonds is 11. The van der Waals surface area contributed by atoms with Crippen molar-refractivity contribution in [2.24, 2.45) is 5.92 Å². The lowest BCUT2D eigenvalue weighted by Crippen LogP contribution is -2.52. The summed E-state index contributed by atoms with van der Waals surface area (Å²) in [6.07, 6.45) is 1.37. The predicted octanol–water partition coefficient (Wildman–Crippen LogP) is 4.65. The molecular weight excluding hydrogens is 509 g/mol. The van der Waals surface area contributed by atoms with E-state index in [1.54, 1.807) is 50.2 Å². The molecule has 0 saturated heterocycles. The summed E-state index contributed by atoms with van der Waals surface area (Å²) in [5.41, 5.74) is 1.71. The first-order valence-electron chi connectivity index (χ1n) is 11.4. The Bertz CT molecular complexity index is 1160. The van der Waals surface area contributed by atoms with Crippen LogP contribution in [-0.4, -0.2) is 50.5 Å². The smallest absolute Gasteiger partial charge is 0.244 e. The van der Waals surface area contributed by atoms with Gasteiger partial charge in [0, 0.05) is 23.1 Å². The molecule has 0 bridgehead atoms. The van der Waals surface area contributed by atoms with Crippen LogP contribution in [0.2, 0.25) is 10.0 Å². The summed E-state index contributed by atoms with van der Waals surface area (Å²) in [6, 6.07) is 11.0. The number of nitrogens with one attached hydrogen (secondary N) is 1. The Morgan fingerprint density at radius 1 is 1.06 bits per heavy atom. The molecule has 1 atom stereocenters. The fourth-order valence-corrected chi connectivity index (χ4v) is 4.71. The molecule has 10 heteroatoms. The molecule has 0 aromatic heterocycles. The van der Waals surface area contributed by atoms with Gasteiger partial charge in [-0.1, -0.05) is 68.2 Å². The molecule has 2 aromatic rings. The first kappa shape index (κ1) is 28.9. The van der Waals surface area contributed by atoms with Crippen LogP contribution in [0.5, 0.6) is 0 Å². The number of benzene rings is 2. The highest BCUT2D eigenvalue weighted by Crippen LogP contribution is 2.26. The van der Waals surface area contributed by atoms with Gasteiger partial charge in [0.15, 0.2) is 0 Å². The van der Waals surface area contributed by atoms with E-state index in [9.17, 15) is 18.0 Å². The van der Waals surface area contributed by atoms with Crippen LogP contribution in [0.15, 0.2) is 42.5 Å². The molecule has 2 rings (SSSR count). The number of amides is 2. The molecule has 0 fully saturated rings. The van der Waals surface area contributed by atoms with E-state index in [4.69, 9.17) is 23.2 Å². The van der Waals surface area contributed by atoms with E-state index in [0.717, 1.165) is 16.1 Å². The third kappa shape index (κ3) is 8.12. The van der Waals surface area contributed by atoms with E-state index in [1.165, 1.54) is 11.0 Å². The van der Waals surface area contributed by atoms with E-state index in [0.29, 0.717) is 28.6 Å². The number of nitrogens with zero attached hydrogens (tertiary/aromatic N) is 2. The van der Waals surface area contributed by atoms with Gasteiger partial charge in [-0.3, -0.25) is 13.9 Å². The van der Waals surface area contributed by atoms with E-state index in [2.05, 4.69) is 5.32 Å². The zero-order chi connectivity index (χ0) is 26.3. The minimum Gasteiger partial charge on any atom is -0.354 e. The minimum atomic E-state index is -3.83. The average molecular weight is 543 g/mol. The molecule has 0 saturated carbocycles. The fraction of sp³-hybridized carbons (Fsp3) is 0.440. The molecule has 0 aliphatic rings. The molecule has 0 heterocycles. The Kier molecular flexibility index (Phi) is 10.4. The Hall–Kier alpha value is -2.29. The van der Waals surface area contributed by atoms with Crippen molar-refractivity contribution in [2.45, 2.75) is 46.7 Å². The second-order valence-electron chi connectivity index (χ2n) is 8.88. The number of sulfonamides is 1. The molecule has 2 aromatic carbocycles. The number of halogens is 2. The lowest BCUT2D eigenvalue weighted by atomic mass is 10.1. The van der Waals surface area contributed by atoms with Crippen LogP contribution in [0, 0.1) is 12.8 Å². The second-order valence-corrected chi connectivity index (χ2v) is 11.6. The number of hydrogen-bond acceptors (Lipinski definition) is 4. The summed E-state index contributed by atoms with van der Waals surface area (Å²) >= 11 is 12.6. The van der Waals surface area contributed by atoms with Crippen LogP contribution < -0.4 is 9.62 Å². The van der Waals surface area contributed by atoms with Crippen LogP contribution in [0.1, 0.15) is 38.3 Å². The number of carbonyl (C=O) groups excluding carboxylic acids is 2. The van der Waals surface area contributed by atoms with Crippen molar-refractivity contribution in [1.82, 2.24) is 10.2 Å². The molecule has 35 heavy (non-hydrogen) atoms. The zero-order valence-electron chi connectivity index (χ0n) is 20.7. The number of hydrogen-bond donors (Lipinski definition) is 1. The van der Waals surface area contributed by atoms with Gasteiger partial charge in [0.2, 0.25) is 21.8 Å². The molecule has 0 aliphatic heterocycles. The average Bonchev–Trinajstić information content (AvgIpc) is 2.78. The number of aryl methyl sites for hydroxylation is 1. The van der Waals surface area contributed by atoms with Crippen LogP contribution in [0.25, 0.3) is 0 Å². The predicted molar refractivity (Wildman–Crippen MR) is 142 cm³/mol. The fourth-order valence-electron chi connectivity index (χ4n) is 3.50. The molecule has 0 aliphatic carbocycles. The van der Waals surface area contributed by atoms with Gasteiger partial charge in [-0.25, -0.2) is 8.42 Å². The summed E-state index contributed by atoms with van der Waals surface area (Å²) in [7, 11) is -3.83. The third-order valence-electron chi connectivity index (χ3n) is 5.49. The molecule has 7 nitrogen and oxygen atoms in total. The summed E-state index contributed by atoms with van der Waals surface area (Å²) in [6.45, 7) is 7.58. The highest BCUT2D eigenvalue weighted by atomic mass is 35.5. The maximum absolute atomic E-state index is 13.6. The van der Waals surface area contributed by atoms with Crippen molar-refractivity contribution in [1.29, 1.82) is 0 Å². The van der Waals surface area contributed by atoms with Gasteiger partial charge >= 0.3 is 0 Å². The van der Waals surface area contributed by atoms with E-state index in [-0.39, 0.29) is 24.1 Å². The monoisotopic (exact) mass is 541 g/mol. The summed E-state index contributed by atoms with van der Waals surface area (Å²) < 4.78 is 26.3. The zero-order valence-corrected chi connectivity index (χ0v) is 23.0. The van der Waals surface area contributed by atoms with E-state index < -0.39 is 28.5 Å². The van der Waals surface area contributed by atoms with Crippen LogP contribution in [-0.2, 0) is 26.2 Å². The lowest BCUT2D eigenvalue weighted by molar-refractivity contribution is -0.140. The molecule has 0 spiro atoms. The molecular formula is C25H33Cl2N3O4S. The number of carbonyl (C=O) groups is 2. The van der Waals surface area contributed by atoms with Crippen molar-refractivity contribution < 1.29 is 18.0 Å². The highest BCUT2D eigenvalue weighted by Gasteiger charge is 2.32. The van der Waals surface area contributed by atoms with Gasteiger partial charge < -0.3 is 10.2 Å². The van der Waals surface area contributed by atoms with Crippen molar-refractivity contribution in [3.05, 3.63) is 63.6 Å². The second kappa shape index (κ2) is 12.6. The Morgan fingerprint density at radius 2 is 1.71 bits per heavy atom. The molecule has 0 unspecified atom stereocenters. The molecule has 2 amide bonds. The minimum absolute atomic E-state index is 0.0539. The van der Waals surface area contributed by atoms with E-state index in [1.807, 2.05) is 13.8 Å². The van der Waals surface area contributed by atoms with Crippen LogP contribution in [0.3, 0.4) is 0 Å². The maximum Gasteiger partial charge on any atom is 0.244 e. The van der Waals surface area contributed by atoms with Gasteiger partial charge in [0.25, 0.3) is 0 Å². The van der Waals surface area contributed by atoms with Gasteiger partial charge in [-0.2, -0.15) is 0 Å². The molecule has 192 valence electrons. The Labute approximate surface area is 218 Å². The van der Waals surface area contributed by atoms with Crippen molar-refractivity contribution in [3.63, 3.8) is 0 Å². The molecule has 0 radical (unpaired) electrons.